The summed E-state index contributed by atoms with van der Waals surface area (Å²) in [4.78, 5) is 27.2. The first kappa shape index (κ1) is 17.8. The highest BCUT2D eigenvalue weighted by Gasteiger charge is 2.30. The number of aromatic nitrogens is 3. The molecule has 1 aromatic heterocycles. The van der Waals surface area contributed by atoms with E-state index in [1.807, 2.05) is 19.0 Å². The number of nitro groups is 1. The Balaban J connectivity index is 1.97. The predicted octanol–water partition coefficient (Wildman–Crippen LogP) is 1.67. The number of benzene rings is 1. The van der Waals surface area contributed by atoms with E-state index in [1.54, 1.807) is 6.07 Å². The molecule has 0 saturated carbocycles. The first-order valence-corrected chi connectivity index (χ1v) is 8.16. The zero-order chi connectivity index (χ0) is 18.7. The Morgan fingerprint density at radius 2 is 2.08 bits per heavy atom. The van der Waals surface area contributed by atoms with Gasteiger partial charge in [0.1, 0.15) is 24.1 Å². The number of likely N-dealkylation sites (N-methyl/N-ethyl adjacent to an activating group) is 1. The molecule has 2 aromatic rings. The highest BCUT2D eigenvalue weighted by atomic mass is 16.6. The molecule has 138 valence electrons. The first-order chi connectivity index (χ1) is 12.5. The van der Waals surface area contributed by atoms with E-state index in [4.69, 9.17) is 4.74 Å². The van der Waals surface area contributed by atoms with Gasteiger partial charge < -0.3 is 19.9 Å². The zero-order valence-electron chi connectivity index (χ0n) is 14.9. The largest absolute Gasteiger partial charge is 0.494 e. The number of hydrogen-bond donors (Lipinski definition) is 1. The minimum atomic E-state index is -0.379. The molecule has 0 aliphatic carbocycles. The fourth-order valence-electron chi connectivity index (χ4n) is 3.03. The van der Waals surface area contributed by atoms with Crippen molar-refractivity contribution in [3.05, 3.63) is 34.9 Å². The molecule has 0 amide bonds. The lowest BCUT2D eigenvalue weighted by Crippen LogP contribution is -2.31. The van der Waals surface area contributed by atoms with Gasteiger partial charge in [0.05, 0.1) is 17.7 Å². The fourth-order valence-corrected chi connectivity index (χ4v) is 3.03. The van der Waals surface area contributed by atoms with Crippen LogP contribution in [0.25, 0.3) is 0 Å². The Morgan fingerprint density at radius 3 is 2.65 bits per heavy atom. The third-order valence-electron chi connectivity index (χ3n) is 4.47. The van der Waals surface area contributed by atoms with Crippen LogP contribution in [0.3, 0.4) is 0 Å². The quantitative estimate of drug-likeness (QED) is 0.608. The van der Waals surface area contributed by atoms with Crippen molar-refractivity contribution >= 4 is 23.0 Å². The van der Waals surface area contributed by atoms with Gasteiger partial charge in [0.15, 0.2) is 0 Å². The monoisotopic (exact) mass is 359 g/mol. The van der Waals surface area contributed by atoms with Gasteiger partial charge in [-0.2, -0.15) is 0 Å². The highest BCUT2D eigenvalue weighted by Crippen LogP contribution is 2.40. The third-order valence-corrected chi connectivity index (χ3v) is 4.47. The first-order valence-electron chi connectivity index (χ1n) is 8.16. The van der Waals surface area contributed by atoms with Crippen LogP contribution < -0.4 is 15.0 Å². The normalized spacial score (nSPS) is 16.8. The summed E-state index contributed by atoms with van der Waals surface area (Å²) < 4.78 is 5.43. The second-order valence-electron chi connectivity index (χ2n) is 6.24. The SMILES string of the molecule is COc1cc(N2CCC(N(C)C)C2)c([N+](=O)[O-])cc1Nc1ncncn1. The Bertz CT molecular complexity index is 785. The minimum Gasteiger partial charge on any atom is -0.494 e. The maximum atomic E-state index is 11.7. The summed E-state index contributed by atoms with van der Waals surface area (Å²) in [5.41, 5.74) is 0.997. The van der Waals surface area contributed by atoms with E-state index in [-0.39, 0.29) is 16.6 Å². The van der Waals surface area contributed by atoms with Crippen molar-refractivity contribution in [2.24, 2.45) is 0 Å². The van der Waals surface area contributed by atoms with Gasteiger partial charge in [0, 0.05) is 31.3 Å². The highest BCUT2D eigenvalue weighted by molar-refractivity contribution is 5.77. The number of anilines is 3. The molecular weight excluding hydrogens is 338 g/mol. The van der Waals surface area contributed by atoms with Crippen LogP contribution in [0, 0.1) is 10.1 Å². The van der Waals surface area contributed by atoms with Crippen LogP contribution in [0.15, 0.2) is 24.8 Å². The minimum absolute atomic E-state index is 0.0155. The standard InChI is InChI=1S/C16H21N7O3/c1-21(2)11-4-5-22(8-11)13-7-15(26-3)12(6-14(13)23(24)25)20-16-18-9-17-10-19-16/h6-7,9-11H,4-5,8H2,1-3H3,(H,17,18,19,20). The van der Waals surface area contributed by atoms with Crippen molar-refractivity contribution in [1.29, 1.82) is 0 Å². The zero-order valence-corrected chi connectivity index (χ0v) is 14.9. The van der Waals surface area contributed by atoms with Gasteiger partial charge in [-0.1, -0.05) is 0 Å². The van der Waals surface area contributed by atoms with E-state index < -0.39 is 0 Å². The van der Waals surface area contributed by atoms with Crippen LogP contribution in [0.4, 0.5) is 23.0 Å². The molecular formula is C16H21N7O3. The van der Waals surface area contributed by atoms with Crippen LogP contribution in [-0.2, 0) is 0 Å². The number of nitro benzene ring substituents is 1. The summed E-state index contributed by atoms with van der Waals surface area (Å²) in [5, 5.41) is 14.6. The number of nitrogens with one attached hydrogen (secondary N) is 1. The van der Waals surface area contributed by atoms with Crippen LogP contribution in [-0.4, -0.2) is 65.1 Å². The van der Waals surface area contributed by atoms with E-state index in [9.17, 15) is 10.1 Å². The van der Waals surface area contributed by atoms with Gasteiger partial charge in [0.25, 0.3) is 5.69 Å². The molecule has 1 saturated heterocycles. The topological polar surface area (TPSA) is 110 Å². The lowest BCUT2D eigenvalue weighted by Gasteiger charge is -2.22. The summed E-state index contributed by atoms with van der Waals surface area (Å²) in [6.45, 7) is 1.49. The Kier molecular flexibility index (Phi) is 5.12. The molecule has 1 fully saturated rings. The van der Waals surface area contributed by atoms with Gasteiger partial charge in [-0.15, -0.1) is 0 Å². The molecule has 26 heavy (non-hydrogen) atoms. The number of methoxy groups -OCH3 is 1. The number of hydrogen-bond acceptors (Lipinski definition) is 9. The van der Waals surface area contributed by atoms with E-state index in [0.717, 1.165) is 19.5 Å². The van der Waals surface area contributed by atoms with E-state index in [2.05, 4.69) is 25.2 Å². The van der Waals surface area contributed by atoms with E-state index in [0.29, 0.717) is 23.2 Å². The lowest BCUT2D eigenvalue weighted by molar-refractivity contribution is -0.384. The Morgan fingerprint density at radius 1 is 1.35 bits per heavy atom. The van der Waals surface area contributed by atoms with Crippen molar-refractivity contribution in [2.45, 2.75) is 12.5 Å². The average Bonchev–Trinajstić information content (AvgIpc) is 3.12. The molecule has 10 nitrogen and oxygen atoms in total. The van der Waals surface area contributed by atoms with E-state index in [1.165, 1.54) is 25.8 Å². The van der Waals surface area contributed by atoms with Crippen LogP contribution in [0.2, 0.25) is 0 Å². The third kappa shape index (κ3) is 3.64. The van der Waals surface area contributed by atoms with Crippen molar-refractivity contribution in [3.8, 4) is 5.75 Å². The van der Waals surface area contributed by atoms with Gasteiger partial charge in [-0.3, -0.25) is 10.1 Å². The Hall–Kier alpha value is -3.01. The second-order valence-corrected chi connectivity index (χ2v) is 6.24. The molecule has 1 unspecified atom stereocenters. The van der Waals surface area contributed by atoms with Crippen LogP contribution in [0.5, 0.6) is 5.75 Å². The number of ether oxygens (including phenoxy) is 1. The fraction of sp³-hybridized carbons (Fsp3) is 0.438. The van der Waals surface area contributed by atoms with Gasteiger partial charge >= 0.3 is 0 Å². The number of rotatable bonds is 6. The van der Waals surface area contributed by atoms with Gasteiger partial charge in [-0.25, -0.2) is 15.0 Å². The Labute approximate surface area is 151 Å². The molecule has 1 aliphatic heterocycles. The molecule has 1 aromatic carbocycles. The summed E-state index contributed by atoms with van der Waals surface area (Å²) in [6.07, 6.45) is 3.64. The van der Waals surface area contributed by atoms with Gasteiger partial charge in [0.2, 0.25) is 5.95 Å². The van der Waals surface area contributed by atoms with Crippen LogP contribution >= 0.6 is 0 Å². The predicted molar refractivity (Wildman–Crippen MR) is 97.1 cm³/mol. The smallest absolute Gasteiger partial charge is 0.294 e. The lowest BCUT2D eigenvalue weighted by atomic mass is 10.2. The molecule has 1 aliphatic rings. The van der Waals surface area contributed by atoms with Crippen molar-refractivity contribution in [1.82, 2.24) is 19.9 Å². The summed E-state index contributed by atoms with van der Waals surface area (Å²) in [7, 11) is 5.56. The van der Waals surface area contributed by atoms with Crippen molar-refractivity contribution in [2.75, 3.05) is 44.5 Å². The molecule has 3 rings (SSSR count). The van der Waals surface area contributed by atoms with Crippen molar-refractivity contribution < 1.29 is 9.66 Å². The molecule has 0 spiro atoms. The molecule has 0 radical (unpaired) electrons. The van der Waals surface area contributed by atoms with E-state index >= 15 is 0 Å². The summed E-state index contributed by atoms with van der Waals surface area (Å²) >= 11 is 0. The van der Waals surface area contributed by atoms with Crippen LogP contribution in [0.1, 0.15) is 6.42 Å². The molecule has 2 heterocycles. The molecule has 0 bridgehead atoms. The maximum absolute atomic E-state index is 11.7. The summed E-state index contributed by atoms with van der Waals surface area (Å²) in [6, 6.07) is 3.52. The summed E-state index contributed by atoms with van der Waals surface area (Å²) in [5.74, 6) is 0.772. The van der Waals surface area contributed by atoms with Gasteiger partial charge in [-0.05, 0) is 20.5 Å². The maximum Gasteiger partial charge on any atom is 0.294 e. The molecule has 1 atom stereocenters. The molecule has 1 N–H and O–H groups in total. The molecule has 10 heteroatoms. The number of nitrogens with zero attached hydrogens (tertiary/aromatic N) is 6. The second kappa shape index (κ2) is 7.48. The average molecular weight is 359 g/mol. The van der Waals surface area contributed by atoms with Crippen molar-refractivity contribution in [3.63, 3.8) is 0 Å².